The Labute approximate surface area is 270 Å². The Balaban J connectivity index is 2.23. The van der Waals surface area contributed by atoms with Gasteiger partial charge in [0, 0.05) is 12.1 Å². The lowest BCUT2D eigenvalue weighted by Gasteiger charge is -2.20. The summed E-state index contributed by atoms with van der Waals surface area (Å²) in [5.74, 6) is -0.738. The van der Waals surface area contributed by atoms with Gasteiger partial charge in [-0.2, -0.15) is 13.2 Å². The van der Waals surface area contributed by atoms with Gasteiger partial charge in [-0.25, -0.2) is 8.42 Å². The van der Waals surface area contributed by atoms with Crippen molar-refractivity contribution >= 4 is 89.9 Å². The molecule has 10 nitrogen and oxygen atoms in total. The van der Waals surface area contributed by atoms with Crippen LogP contribution in [0.15, 0.2) is 46.2 Å². The van der Waals surface area contributed by atoms with Crippen molar-refractivity contribution in [1.29, 1.82) is 0 Å². The van der Waals surface area contributed by atoms with E-state index < -0.39 is 68.5 Å². The zero-order chi connectivity index (χ0) is 33.2. The van der Waals surface area contributed by atoms with E-state index in [1.54, 1.807) is 7.05 Å². The fourth-order valence-electron chi connectivity index (χ4n) is 3.94. The summed E-state index contributed by atoms with van der Waals surface area (Å²) in [4.78, 5) is 24.1. The van der Waals surface area contributed by atoms with E-state index in [1.807, 2.05) is 12.5 Å². The standard InChI is InChI=1S/C24H31B2F3N2O8S5/c1-30-20(21(32)23(42-40-2)43-41-3)6-4-5-7-31-22(33)14-8-16(25(34)35)12-18(9-14)44(38,39)19-11-15(24(27,28)29)10-17(13-19)26(36)37/h8-13,20,23,30,34-37H,4-7H2,1-3H3,(H,31,33)/t20-/m0/s1. The van der Waals surface area contributed by atoms with Gasteiger partial charge in [-0.1, -0.05) is 49.2 Å². The predicted octanol–water partition coefficient (Wildman–Crippen LogP) is 1.30. The van der Waals surface area contributed by atoms with Crippen molar-refractivity contribution in [2.45, 2.75) is 45.9 Å². The summed E-state index contributed by atoms with van der Waals surface area (Å²) < 4.78 is 66.7. The highest BCUT2D eigenvalue weighted by molar-refractivity contribution is 8.85. The maximum Gasteiger partial charge on any atom is 0.488 e. The first-order valence-corrected chi connectivity index (χ1v) is 19.5. The molecule has 2 aromatic carbocycles. The molecular weight excluding hydrogens is 683 g/mol. The van der Waals surface area contributed by atoms with Gasteiger partial charge in [0.1, 0.15) is 4.58 Å². The van der Waals surface area contributed by atoms with E-state index in [4.69, 9.17) is 0 Å². The SMILES string of the molecule is CN[C@@H](CCCCNC(=O)c1cc(B(O)O)cc(S(=O)(=O)c2cc(B(O)O)cc(C(F)(F)F)c2)c1)C(=O)C(SSC)SSC. The molecule has 6 N–H and O–H groups in total. The third-order valence-electron chi connectivity index (χ3n) is 6.16. The van der Waals surface area contributed by atoms with E-state index in [1.165, 1.54) is 43.2 Å². The number of alkyl halides is 3. The van der Waals surface area contributed by atoms with Crippen molar-refractivity contribution in [3.63, 3.8) is 0 Å². The van der Waals surface area contributed by atoms with Crippen molar-refractivity contribution in [3.8, 4) is 0 Å². The fraction of sp³-hybridized carbons (Fsp3) is 0.417. The maximum atomic E-state index is 13.4. The number of benzene rings is 2. The van der Waals surface area contributed by atoms with E-state index in [0.29, 0.717) is 37.5 Å². The van der Waals surface area contributed by atoms with Crippen LogP contribution in [-0.2, 0) is 20.8 Å². The second-order valence-electron chi connectivity index (χ2n) is 9.18. The Morgan fingerprint density at radius 1 is 0.886 bits per heavy atom. The summed E-state index contributed by atoms with van der Waals surface area (Å²) in [6.07, 6.45) is 0.275. The van der Waals surface area contributed by atoms with Gasteiger partial charge in [-0.15, -0.1) is 0 Å². The number of halogens is 3. The van der Waals surface area contributed by atoms with Gasteiger partial charge >= 0.3 is 20.4 Å². The second-order valence-corrected chi connectivity index (χ2v) is 16.6. The number of carbonyl (C=O) groups excluding carboxylic acids is 2. The number of sulfone groups is 1. The number of amides is 1. The second kappa shape index (κ2) is 17.5. The minimum Gasteiger partial charge on any atom is -0.423 e. The van der Waals surface area contributed by atoms with Gasteiger partial charge in [0.2, 0.25) is 9.84 Å². The highest BCUT2D eigenvalue weighted by Gasteiger charge is 2.35. The van der Waals surface area contributed by atoms with Crippen molar-refractivity contribution < 1.29 is 51.3 Å². The van der Waals surface area contributed by atoms with Crippen LogP contribution >= 0.6 is 43.2 Å². The Hall–Kier alpha value is -1.35. The molecule has 0 aliphatic heterocycles. The number of carbonyl (C=O) groups is 2. The van der Waals surface area contributed by atoms with Crippen molar-refractivity contribution in [2.24, 2.45) is 0 Å². The van der Waals surface area contributed by atoms with Crippen LogP contribution < -0.4 is 21.6 Å². The Morgan fingerprint density at radius 2 is 1.43 bits per heavy atom. The van der Waals surface area contributed by atoms with Crippen LogP contribution in [0.2, 0.25) is 0 Å². The fourth-order valence-corrected chi connectivity index (χ4v) is 10.5. The maximum absolute atomic E-state index is 13.4. The molecule has 0 fully saturated rings. The molecule has 0 aliphatic carbocycles. The number of unbranched alkanes of at least 4 members (excludes halogenated alkanes) is 1. The molecule has 1 atom stereocenters. The Bertz CT molecular complexity index is 1400. The molecule has 44 heavy (non-hydrogen) atoms. The number of likely N-dealkylation sites (N-methyl/N-ethyl adjacent to an activating group) is 1. The molecule has 0 saturated heterocycles. The van der Waals surface area contributed by atoms with Gasteiger partial charge < -0.3 is 30.7 Å². The zero-order valence-electron chi connectivity index (χ0n) is 23.7. The van der Waals surface area contributed by atoms with E-state index in [0.717, 1.165) is 18.2 Å². The molecule has 0 aromatic heterocycles. The van der Waals surface area contributed by atoms with Crippen LogP contribution in [0.3, 0.4) is 0 Å². The molecule has 2 rings (SSSR count). The average Bonchev–Trinajstić information content (AvgIpc) is 2.97. The summed E-state index contributed by atoms with van der Waals surface area (Å²) in [5, 5.41) is 43.9. The van der Waals surface area contributed by atoms with Crippen molar-refractivity contribution in [3.05, 3.63) is 47.5 Å². The first-order valence-electron chi connectivity index (χ1n) is 12.8. The Kier molecular flexibility index (Phi) is 15.5. The molecule has 0 bridgehead atoms. The third kappa shape index (κ3) is 10.9. The molecule has 0 heterocycles. The number of Topliss-reactive ketones (excluding diaryl/α,β-unsaturated/α-hetero) is 1. The lowest BCUT2D eigenvalue weighted by molar-refractivity contribution is -0.137. The van der Waals surface area contributed by atoms with Crippen molar-refractivity contribution in [2.75, 3.05) is 26.1 Å². The predicted molar refractivity (Wildman–Crippen MR) is 173 cm³/mol. The first-order chi connectivity index (χ1) is 20.6. The van der Waals surface area contributed by atoms with Gasteiger partial charge in [-0.3, -0.25) is 9.59 Å². The summed E-state index contributed by atoms with van der Waals surface area (Å²) >= 11 is 0. The summed E-state index contributed by atoms with van der Waals surface area (Å²) in [6, 6.07) is 3.62. The van der Waals surface area contributed by atoms with Crippen molar-refractivity contribution in [1.82, 2.24) is 10.6 Å². The Morgan fingerprint density at radius 3 is 1.93 bits per heavy atom. The van der Waals surface area contributed by atoms with E-state index in [-0.39, 0.29) is 22.5 Å². The van der Waals surface area contributed by atoms with Gasteiger partial charge in [-0.05, 0) is 80.1 Å². The first kappa shape index (κ1) is 38.8. The minimum atomic E-state index is -5.02. The van der Waals surface area contributed by atoms with Gasteiger partial charge in [0.15, 0.2) is 5.78 Å². The van der Waals surface area contributed by atoms with Crippen LogP contribution in [-0.4, -0.2) is 91.2 Å². The molecular formula is C24H31B2F3N2O8S5. The quantitative estimate of drug-likeness (QED) is 0.0600. The summed E-state index contributed by atoms with van der Waals surface area (Å²) in [5.41, 5.74) is -2.92. The molecule has 242 valence electrons. The molecule has 0 spiro atoms. The van der Waals surface area contributed by atoms with Crippen LogP contribution in [0.25, 0.3) is 0 Å². The van der Waals surface area contributed by atoms with Crippen LogP contribution in [0.1, 0.15) is 35.2 Å². The molecule has 0 radical (unpaired) electrons. The van der Waals surface area contributed by atoms with E-state index >= 15 is 0 Å². The highest BCUT2D eigenvalue weighted by Crippen LogP contribution is 2.39. The van der Waals surface area contributed by atoms with E-state index in [9.17, 15) is 51.3 Å². The molecule has 0 aliphatic rings. The lowest BCUT2D eigenvalue weighted by Crippen LogP contribution is -2.38. The molecule has 2 aromatic rings. The molecule has 0 unspecified atom stereocenters. The summed E-state index contributed by atoms with van der Waals surface area (Å²) in [7, 11) is -1.84. The number of hydrogen-bond donors (Lipinski definition) is 6. The van der Waals surface area contributed by atoms with Crippen LogP contribution in [0.5, 0.6) is 0 Å². The van der Waals surface area contributed by atoms with Crippen LogP contribution in [0, 0.1) is 0 Å². The third-order valence-corrected chi connectivity index (χ3v) is 12.7. The smallest absolute Gasteiger partial charge is 0.423 e. The normalized spacial score (nSPS) is 12.7. The zero-order valence-corrected chi connectivity index (χ0v) is 27.8. The summed E-state index contributed by atoms with van der Waals surface area (Å²) in [6.45, 7) is 0.130. The monoisotopic (exact) mass is 714 g/mol. The van der Waals surface area contributed by atoms with Crippen LogP contribution in [0.4, 0.5) is 13.2 Å². The largest absolute Gasteiger partial charge is 0.488 e. The number of hydrogen-bond acceptors (Lipinski definition) is 13. The number of ketones is 1. The lowest BCUT2D eigenvalue weighted by atomic mass is 9.79. The minimum absolute atomic E-state index is 0.0461. The topological polar surface area (TPSA) is 173 Å². The highest BCUT2D eigenvalue weighted by atomic mass is 33.1. The average molecular weight is 714 g/mol. The van der Waals surface area contributed by atoms with Gasteiger partial charge in [0.05, 0.1) is 21.4 Å². The molecule has 1 amide bonds. The number of nitrogens with one attached hydrogen (secondary N) is 2. The number of rotatable bonds is 17. The van der Waals surface area contributed by atoms with Gasteiger partial charge in [0.25, 0.3) is 5.91 Å². The molecule has 20 heteroatoms. The van der Waals surface area contributed by atoms with E-state index in [2.05, 4.69) is 10.6 Å². The molecule has 0 saturated carbocycles.